The number of hydrogen-bond donors (Lipinski definition) is 1. The molecule has 1 N–H and O–H groups in total. The topological polar surface area (TPSA) is 21.3 Å². The van der Waals surface area contributed by atoms with Gasteiger partial charge in [-0.15, -0.1) is 0 Å². The van der Waals surface area contributed by atoms with E-state index in [9.17, 15) is 0 Å². The first kappa shape index (κ1) is 11.7. The zero-order chi connectivity index (χ0) is 12.2. The highest BCUT2D eigenvalue weighted by atomic mass is 16.5. The molecule has 0 heterocycles. The van der Waals surface area contributed by atoms with Crippen molar-refractivity contribution in [2.45, 2.75) is 63.0 Å². The monoisotopic (exact) mass is 249 g/mol. The van der Waals surface area contributed by atoms with Crippen LogP contribution in [0.3, 0.4) is 0 Å². The van der Waals surface area contributed by atoms with Crippen LogP contribution in [-0.2, 0) is 4.74 Å². The van der Waals surface area contributed by atoms with Gasteiger partial charge < -0.3 is 10.1 Å². The molecule has 0 radical (unpaired) electrons. The lowest BCUT2D eigenvalue weighted by atomic mass is 9.54. The first-order valence-electron chi connectivity index (χ1n) is 8.06. The minimum Gasteiger partial charge on any atom is -0.377 e. The van der Waals surface area contributed by atoms with Gasteiger partial charge in [0.25, 0.3) is 0 Å². The number of rotatable bonds is 4. The standard InChI is InChI=1S/C16H27NO/c1-18-16(3-2-4-16)10-17-15-13-6-11-5-12(8-13)9-14(15)7-11/h11-15,17H,2-10H2,1H3. The second-order valence-corrected chi connectivity index (χ2v) is 7.58. The Kier molecular flexibility index (Phi) is 2.74. The van der Waals surface area contributed by atoms with Crippen molar-refractivity contribution in [3.8, 4) is 0 Å². The van der Waals surface area contributed by atoms with Gasteiger partial charge in [0.15, 0.2) is 0 Å². The first-order chi connectivity index (χ1) is 8.78. The van der Waals surface area contributed by atoms with E-state index < -0.39 is 0 Å². The maximum atomic E-state index is 5.75. The van der Waals surface area contributed by atoms with Crippen LogP contribution in [0.15, 0.2) is 0 Å². The Balaban J connectivity index is 1.40. The minimum absolute atomic E-state index is 0.203. The molecule has 4 bridgehead atoms. The maximum absolute atomic E-state index is 5.75. The Labute approximate surface area is 111 Å². The summed E-state index contributed by atoms with van der Waals surface area (Å²) in [6.45, 7) is 1.11. The summed E-state index contributed by atoms with van der Waals surface area (Å²) in [5, 5.41) is 3.93. The van der Waals surface area contributed by atoms with Crippen LogP contribution in [0.1, 0.15) is 51.4 Å². The lowest BCUT2D eigenvalue weighted by molar-refractivity contribution is -0.0818. The van der Waals surface area contributed by atoms with Crippen LogP contribution in [0.25, 0.3) is 0 Å². The second-order valence-electron chi connectivity index (χ2n) is 7.58. The van der Waals surface area contributed by atoms with Crippen molar-refractivity contribution >= 4 is 0 Å². The molecule has 2 heteroatoms. The van der Waals surface area contributed by atoms with Gasteiger partial charge in [0, 0.05) is 19.7 Å². The Bertz CT molecular complexity index is 290. The van der Waals surface area contributed by atoms with E-state index in [1.165, 1.54) is 44.9 Å². The van der Waals surface area contributed by atoms with Gasteiger partial charge in [-0.1, -0.05) is 0 Å². The molecule has 5 fully saturated rings. The van der Waals surface area contributed by atoms with Crippen LogP contribution < -0.4 is 5.32 Å². The average molecular weight is 249 g/mol. The van der Waals surface area contributed by atoms with Gasteiger partial charge in [-0.05, 0) is 75.0 Å². The van der Waals surface area contributed by atoms with Gasteiger partial charge in [-0.2, -0.15) is 0 Å². The summed E-state index contributed by atoms with van der Waals surface area (Å²) in [4.78, 5) is 0. The van der Waals surface area contributed by atoms with E-state index in [1.54, 1.807) is 6.42 Å². The third-order valence-corrected chi connectivity index (χ3v) is 6.58. The van der Waals surface area contributed by atoms with Crippen molar-refractivity contribution in [3.05, 3.63) is 0 Å². The SMILES string of the molecule is COC1(CNC2C3CC4CC(C3)CC2C4)CCC1. The highest BCUT2D eigenvalue weighted by Crippen LogP contribution is 2.53. The molecule has 0 saturated heterocycles. The highest BCUT2D eigenvalue weighted by Gasteiger charge is 2.49. The molecule has 102 valence electrons. The third-order valence-electron chi connectivity index (χ3n) is 6.58. The van der Waals surface area contributed by atoms with Gasteiger partial charge in [0.1, 0.15) is 0 Å². The lowest BCUT2D eigenvalue weighted by Gasteiger charge is -2.55. The molecule has 0 unspecified atom stereocenters. The normalized spacial score (nSPS) is 48.2. The fourth-order valence-electron chi connectivity index (χ4n) is 5.59. The van der Waals surface area contributed by atoms with Crippen molar-refractivity contribution in [1.29, 1.82) is 0 Å². The van der Waals surface area contributed by atoms with Crippen molar-refractivity contribution in [1.82, 2.24) is 5.32 Å². The molecule has 5 aliphatic rings. The van der Waals surface area contributed by atoms with Gasteiger partial charge in [0.05, 0.1) is 5.60 Å². The number of methoxy groups -OCH3 is 1. The first-order valence-corrected chi connectivity index (χ1v) is 8.06. The van der Waals surface area contributed by atoms with Gasteiger partial charge >= 0.3 is 0 Å². The zero-order valence-corrected chi connectivity index (χ0v) is 11.7. The van der Waals surface area contributed by atoms with E-state index in [0.29, 0.717) is 0 Å². The Morgan fingerprint density at radius 1 is 1.00 bits per heavy atom. The summed E-state index contributed by atoms with van der Waals surface area (Å²) in [5.41, 5.74) is 0.203. The molecule has 18 heavy (non-hydrogen) atoms. The number of nitrogens with one attached hydrogen (secondary N) is 1. The zero-order valence-electron chi connectivity index (χ0n) is 11.7. The minimum atomic E-state index is 0.203. The van der Waals surface area contributed by atoms with Crippen molar-refractivity contribution in [2.24, 2.45) is 23.7 Å². The van der Waals surface area contributed by atoms with Crippen molar-refractivity contribution < 1.29 is 4.74 Å². The fourth-order valence-corrected chi connectivity index (χ4v) is 5.59. The molecule has 0 aromatic carbocycles. The molecule has 5 rings (SSSR count). The van der Waals surface area contributed by atoms with E-state index in [4.69, 9.17) is 4.74 Å². The van der Waals surface area contributed by atoms with E-state index in [2.05, 4.69) is 5.32 Å². The van der Waals surface area contributed by atoms with Crippen LogP contribution >= 0.6 is 0 Å². The lowest BCUT2D eigenvalue weighted by Crippen LogP contribution is -2.58. The molecule has 0 amide bonds. The summed E-state index contributed by atoms with van der Waals surface area (Å²) in [7, 11) is 1.90. The highest BCUT2D eigenvalue weighted by molar-refractivity contribution is 5.03. The van der Waals surface area contributed by atoms with Crippen LogP contribution in [-0.4, -0.2) is 25.3 Å². The van der Waals surface area contributed by atoms with Gasteiger partial charge in [-0.3, -0.25) is 0 Å². The quantitative estimate of drug-likeness (QED) is 0.827. The molecule has 0 aromatic rings. The Morgan fingerprint density at radius 2 is 1.61 bits per heavy atom. The van der Waals surface area contributed by atoms with Gasteiger partial charge in [-0.25, -0.2) is 0 Å². The Hall–Kier alpha value is -0.0800. The van der Waals surface area contributed by atoms with E-state index >= 15 is 0 Å². The van der Waals surface area contributed by atoms with E-state index in [-0.39, 0.29) is 5.60 Å². The van der Waals surface area contributed by atoms with Crippen LogP contribution in [0.4, 0.5) is 0 Å². The van der Waals surface area contributed by atoms with Crippen LogP contribution in [0, 0.1) is 23.7 Å². The number of hydrogen-bond acceptors (Lipinski definition) is 2. The Morgan fingerprint density at radius 3 is 2.06 bits per heavy atom. The molecule has 2 nitrogen and oxygen atoms in total. The summed E-state index contributed by atoms with van der Waals surface area (Å²) in [6, 6.07) is 0.824. The fraction of sp³-hybridized carbons (Fsp3) is 1.00. The maximum Gasteiger partial charge on any atom is 0.0802 e. The molecule has 0 spiro atoms. The molecule has 0 aliphatic heterocycles. The van der Waals surface area contributed by atoms with E-state index in [1.807, 2.05) is 7.11 Å². The van der Waals surface area contributed by atoms with Crippen molar-refractivity contribution in [3.63, 3.8) is 0 Å². The molecule has 0 atom stereocenters. The largest absolute Gasteiger partial charge is 0.377 e. The summed E-state index contributed by atoms with van der Waals surface area (Å²) < 4.78 is 5.75. The second kappa shape index (κ2) is 4.21. The third kappa shape index (κ3) is 1.76. The predicted molar refractivity (Wildman–Crippen MR) is 72.4 cm³/mol. The molecular weight excluding hydrogens is 222 g/mol. The smallest absolute Gasteiger partial charge is 0.0802 e. The molecule has 5 saturated carbocycles. The molecule has 0 aromatic heterocycles. The van der Waals surface area contributed by atoms with Crippen LogP contribution in [0.5, 0.6) is 0 Å². The predicted octanol–water partition coefficient (Wildman–Crippen LogP) is 2.97. The van der Waals surface area contributed by atoms with Gasteiger partial charge in [0.2, 0.25) is 0 Å². The van der Waals surface area contributed by atoms with Crippen LogP contribution in [0.2, 0.25) is 0 Å². The average Bonchev–Trinajstić information content (AvgIpc) is 2.30. The molecular formula is C16H27NO. The number of ether oxygens (including phenoxy) is 1. The molecule has 5 aliphatic carbocycles. The summed E-state index contributed by atoms with van der Waals surface area (Å²) in [6.07, 6.45) is 11.5. The summed E-state index contributed by atoms with van der Waals surface area (Å²) in [5.74, 6) is 4.17. The summed E-state index contributed by atoms with van der Waals surface area (Å²) >= 11 is 0. The van der Waals surface area contributed by atoms with Crippen molar-refractivity contribution in [2.75, 3.05) is 13.7 Å². The van der Waals surface area contributed by atoms with E-state index in [0.717, 1.165) is 36.3 Å².